The van der Waals surface area contributed by atoms with Crippen LogP contribution in [-0.2, 0) is 4.79 Å². The lowest BCUT2D eigenvalue weighted by Crippen LogP contribution is -2.54. The molecule has 3 nitrogen and oxygen atoms in total. The molecule has 0 amide bonds. The third-order valence-corrected chi connectivity index (χ3v) is 2.77. The lowest BCUT2D eigenvalue weighted by Gasteiger charge is -2.42. The number of piperazine rings is 1. The summed E-state index contributed by atoms with van der Waals surface area (Å²) in [5, 5.41) is 0. The van der Waals surface area contributed by atoms with Gasteiger partial charge in [-0.1, -0.05) is 0 Å². The summed E-state index contributed by atoms with van der Waals surface area (Å²) in [6.07, 6.45) is 0. The first kappa shape index (κ1) is 11.7. The highest BCUT2D eigenvalue weighted by Gasteiger charge is 2.25. The molecule has 3 heteroatoms. The highest BCUT2D eigenvalue weighted by molar-refractivity contribution is 5.77. The van der Waals surface area contributed by atoms with Crippen LogP contribution in [0.25, 0.3) is 0 Å². The number of hydrogen-bond donors (Lipinski definition) is 0. The van der Waals surface area contributed by atoms with E-state index in [9.17, 15) is 4.79 Å². The second-order valence-corrected chi connectivity index (χ2v) is 5.14. The summed E-state index contributed by atoms with van der Waals surface area (Å²) < 4.78 is 0. The van der Waals surface area contributed by atoms with E-state index in [1.165, 1.54) is 0 Å². The first-order chi connectivity index (χ1) is 6.39. The number of Topliss-reactive ketones (excluding diaryl/α,β-unsaturated/α-hetero) is 1. The summed E-state index contributed by atoms with van der Waals surface area (Å²) in [6, 6.07) is 0. The van der Waals surface area contributed by atoms with Crippen LogP contribution in [0.2, 0.25) is 0 Å². The van der Waals surface area contributed by atoms with Gasteiger partial charge in [0.2, 0.25) is 0 Å². The van der Waals surface area contributed by atoms with E-state index in [2.05, 4.69) is 30.6 Å². The van der Waals surface area contributed by atoms with Crippen molar-refractivity contribution in [1.29, 1.82) is 0 Å². The maximum atomic E-state index is 10.9. The average molecular weight is 198 g/mol. The largest absolute Gasteiger partial charge is 0.299 e. The molecule has 1 fully saturated rings. The molecular formula is C11H22N2O. The monoisotopic (exact) mass is 198 g/mol. The SMILES string of the molecule is CC(=O)CN1CCN(C(C)(C)C)CC1. The van der Waals surface area contributed by atoms with Crippen molar-refractivity contribution in [3.05, 3.63) is 0 Å². The molecule has 0 bridgehead atoms. The predicted molar refractivity (Wildman–Crippen MR) is 58.4 cm³/mol. The maximum Gasteiger partial charge on any atom is 0.143 e. The highest BCUT2D eigenvalue weighted by Crippen LogP contribution is 2.15. The molecule has 0 aliphatic carbocycles. The van der Waals surface area contributed by atoms with E-state index in [0.29, 0.717) is 6.54 Å². The minimum Gasteiger partial charge on any atom is -0.299 e. The molecule has 1 saturated heterocycles. The van der Waals surface area contributed by atoms with Crippen molar-refractivity contribution in [3.63, 3.8) is 0 Å². The Hall–Kier alpha value is -0.410. The van der Waals surface area contributed by atoms with Crippen LogP contribution in [0, 0.1) is 0 Å². The smallest absolute Gasteiger partial charge is 0.143 e. The summed E-state index contributed by atoms with van der Waals surface area (Å²) in [5.41, 5.74) is 0.266. The Labute approximate surface area is 87.1 Å². The van der Waals surface area contributed by atoms with Crippen molar-refractivity contribution in [1.82, 2.24) is 9.80 Å². The highest BCUT2D eigenvalue weighted by atomic mass is 16.1. The molecule has 0 N–H and O–H groups in total. The molecule has 1 aliphatic heterocycles. The van der Waals surface area contributed by atoms with Gasteiger partial charge in [-0.05, 0) is 27.7 Å². The first-order valence-electron chi connectivity index (χ1n) is 5.36. The molecule has 0 radical (unpaired) electrons. The van der Waals surface area contributed by atoms with Crippen molar-refractivity contribution in [3.8, 4) is 0 Å². The van der Waals surface area contributed by atoms with E-state index in [0.717, 1.165) is 26.2 Å². The number of carbonyl (C=O) groups excluding carboxylic acids is 1. The van der Waals surface area contributed by atoms with Crippen molar-refractivity contribution in [2.45, 2.75) is 33.2 Å². The predicted octanol–water partition coefficient (Wildman–Crippen LogP) is 0.991. The maximum absolute atomic E-state index is 10.9. The van der Waals surface area contributed by atoms with Crippen LogP contribution in [0.5, 0.6) is 0 Å². The number of rotatable bonds is 2. The average Bonchev–Trinajstić information content (AvgIpc) is 2.02. The van der Waals surface area contributed by atoms with E-state index >= 15 is 0 Å². The third kappa shape index (κ3) is 3.39. The Morgan fingerprint density at radius 2 is 1.64 bits per heavy atom. The van der Waals surface area contributed by atoms with Gasteiger partial charge in [0, 0.05) is 31.7 Å². The van der Waals surface area contributed by atoms with Crippen molar-refractivity contribution >= 4 is 5.78 Å². The summed E-state index contributed by atoms with van der Waals surface area (Å²) >= 11 is 0. The zero-order valence-electron chi connectivity index (χ0n) is 9.84. The van der Waals surface area contributed by atoms with Crippen molar-refractivity contribution in [2.24, 2.45) is 0 Å². The number of nitrogens with zero attached hydrogens (tertiary/aromatic N) is 2. The third-order valence-electron chi connectivity index (χ3n) is 2.77. The summed E-state index contributed by atoms with van der Waals surface area (Å²) in [7, 11) is 0. The molecule has 0 atom stereocenters. The normalized spacial score (nSPS) is 21.1. The minimum absolute atomic E-state index is 0.266. The molecule has 82 valence electrons. The second-order valence-electron chi connectivity index (χ2n) is 5.14. The summed E-state index contributed by atoms with van der Waals surface area (Å²) in [5.74, 6) is 0.272. The minimum atomic E-state index is 0.266. The molecule has 1 aliphatic rings. The first-order valence-corrected chi connectivity index (χ1v) is 5.36. The van der Waals surface area contributed by atoms with Crippen LogP contribution in [-0.4, -0.2) is 53.8 Å². The van der Waals surface area contributed by atoms with E-state index in [1.54, 1.807) is 6.92 Å². The standard InChI is InChI=1S/C11H22N2O/c1-10(14)9-12-5-7-13(8-6-12)11(2,3)4/h5-9H2,1-4H3. The molecule has 0 aromatic heterocycles. The lowest BCUT2D eigenvalue weighted by atomic mass is 10.0. The van der Waals surface area contributed by atoms with Crippen LogP contribution >= 0.6 is 0 Å². The van der Waals surface area contributed by atoms with Gasteiger partial charge in [0.1, 0.15) is 5.78 Å². The van der Waals surface area contributed by atoms with E-state index < -0.39 is 0 Å². The fourth-order valence-corrected chi connectivity index (χ4v) is 1.89. The van der Waals surface area contributed by atoms with Gasteiger partial charge in [0.05, 0.1) is 6.54 Å². The molecule has 0 aromatic rings. The topological polar surface area (TPSA) is 23.6 Å². The Bertz CT molecular complexity index is 200. The molecule has 1 heterocycles. The van der Waals surface area contributed by atoms with E-state index in [-0.39, 0.29) is 11.3 Å². The van der Waals surface area contributed by atoms with Crippen LogP contribution in [0.3, 0.4) is 0 Å². The van der Waals surface area contributed by atoms with E-state index in [4.69, 9.17) is 0 Å². The van der Waals surface area contributed by atoms with Gasteiger partial charge >= 0.3 is 0 Å². The fourth-order valence-electron chi connectivity index (χ4n) is 1.89. The lowest BCUT2D eigenvalue weighted by molar-refractivity contribution is -0.118. The van der Waals surface area contributed by atoms with Crippen LogP contribution in [0.15, 0.2) is 0 Å². The quantitative estimate of drug-likeness (QED) is 0.661. The van der Waals surface area contributed by atoms with Gasteiger partial charge in [0.25, 0.3) is 0 Å². The summed E-state index contributed by atoms with van der Waals surface area (Å²) in [6.45, 7) is 13.2. The van der Waals surface area contributed by atoms with Gasteiger partial charge in [-0.3, -0.25) is 14.6 Å². The Morgan fingerprint density at radius 1 is 1.14 bits per heavy atom. The van der Waals surface area contributed by atoms with Gasteiger partial charge in [-0.25, -0.2) is 0 Å². The van der Waals surface area contributed by atoms with Crippen molar-refractivity contribution < 1.29 is 4.79 Å². The molecule has 14 heavy (non-hydrogen) atoms. The molecular weight excluding hydrogens is 176 g/mol. The van der Waals surface area contributed by atoms with Crippen LogP contribution in [0.4, 0.5) is 0 Å². The zero-order chi connectivity index (χ0) is 10.8. The van der Waals surface area contributed by atoms with E-state index in [1.807, 2.05) is 0 Å². The zero-order valence-corrected chi connectivity index (χ0v) is 9.84. The second kappa shape index (κ2) is 4.41. The molecule has 0 unspecified atom stereocenters. The Morgan fingerprint density at radius 3 is 2.00 bits per heavy atom. The van der Waals surface area contributed by atoms with Crippen molar-refractivity contribution in [2.75, 3.05) is 32.7 Å². The molecule has 0 saturated carbocycles. The van der Waals surface area contributed by atoms with Crippen LogP contribution in [0.1, 0.15) is 27.7 Å². The number of carbonyl (C=O) groups is 1. The van der Waals surface area contributed by atoms with Crippen LogP contribution < -0.4 is 0 Å². The molecule has 0 aromatic carbocycles. The summed E-state index contributed by atoms with van der Waals surface area (Å²) in [4.78, 5) is 15.7. The fraction of sp³-hybridized carbons (Fsp3) is 0.909. The number of hydrogen-bond acceptors (Lipinski definition) is 3. The molecule has 1 rings (SSSR count). The van der Waals surface area contributed by atoms with Gasteiger partial charge in [0.15, 0.2) is 0 Å². The Balaban J connectivity index is 2.35. The number of ketones is 1. The molecule has 0 spiro atoms. The van der Waals surface area contributed by atoms with Gasteiger partial charge in [-0.2, -0.15) is 0 Å². The van der Waals surface area contributed by atoms with Gasteiger partial charge in [-0.15, -0.1) is 0 Å². The van der Waals surface area contributed by atoms with Gasteiger partial charge < -0.3 is 0 Å². The Kier molecular flexibility index (Phi) is 3.67.